The number of rotatable bonds is 20. The zero-order valence-corrected chi connectivity index (χ0v) is 33.6. The van der Waals surface area contributed by atoms with Crippen molar-refractivity contribution < 1.29 is 34.4 Å². The number of phenolic OH excluding ortho intramolecular Hbond substituents is 2. The van der Waals surface area contributed by atoms with Gasteiger partial charge in [-0.15, -0.1) is 0 Å². The number of aliphatic hydroxyl groups is 1. The van der Waals surface area contributed by atoms with Gasteiger partial charge in [-0.2, -0.15) is 0 Å². The Labute approximate surface area is 322 Å². The molecule has 11 heteroatoms. The Morgan fingerprint density at radius 3 is 1.91 bits per heavy atom. The average Bonchev–Trinajstić information content (AvgIpc) is 3.14. The van der Waals surface area contributed by atoms with E-state index < -0.39 is 18.3 Å². The second kappa shape index (κ2) is 19.4. The molecule has 3 aliphatic heterocycles. The first-order valence-electron chi connectivity index (χ1n) is 20.6. The van der Waals surface area contributed by atoms with Crippen LogP contribution in [0.2, 0.25) is 0 Å². The summed E-state index contributed by atoms with van der Waals surface area (Å²) in [6.07, 6.45) is 16.5. The first-order chi connectivity index (χ1) is 26.0. The normalized spacial score (nSPS) is 22.1. The average molecular weight is 751 g/mol. The lowest BCUT2D eigenvalue weighted by Gasteiger charge is -2.56. The van der Waals surface area contributed by atoms with E-state index in [9.17, 15) is 24.9 Å². The molecule has 0 unspecified atom stereocenters. The van der Waals surface area contributed by atoms with Gasteiger partial charge in [0, 0.05) is 30.1 Å². The molecule has 6 atom stereocenters. The van der Waals surface area contributed by atoms with Crippen molar-refractivity contribution in [3.05, 3.63) is 45.5 Å². The number of unbranched alkanes of at least 4 members (excludes halogenated alkanes) is 12. The van der Waals surface area contributed by atoms with Gasteiger partial charge in [-0.05, 0) is 62.3 Å². The molecule has 2 aromatic rings. The number of piperazine rings is 1. The van der Waals surface area contributed by atoms with Crippen molar-refractivity contribution in [2.45, 2.75) is 167 Å². The molecule has 0 aromatic heterocycles. The minimum absolute atomic E-state index is 0.0132. The van der Waals surface area contributed by atoms with Crippen LogP contribution in [-0.2, 0) is 22.4 Å². The summed E-state index contributed by atoms with van der Waals surface area (Å²) >= 11 is 0. The molecule has 1 saturated heterocycles. The van der Waals surface area contributed by atoms with Gasteiger partial charge in [0.2, 0.25) is 11.8 Å². The van der Waals surface area contributed by atoms with Gasteiger partial charge in [-0.3, -0.25) is 14.5 Å². The van der Waals surface area contributed by atoms with E-state index in [0.29, 0.717) is 36.3 Å². The number of hydrogen-bond donors (Lipinski definition) is 6. The number of aryl methyl sites for hydroxylation is 2. The summed E-state index contributed by atoms with van der Waals surface area (Å²) in [6.45, 7) is 7.79. The first-order valence-corrected chi connectivity index (χ1v) is 20.6. The molecule has 2 bridgehead atoms. The highest BCUT2D eigenvalue weighted by molar-refractivity contribution is 5.87. The SMILES string of the molecule is CCCCCCCCCCCCCCCC(=O)N[C@@H](C)C(=O)NC[C@H]1c2c(cc(C)c(OC)c2O)C[C@H]2[C@@H]3N[C@@H](Cc4cc(C)c(OC)c(O)c43)[C@H](O)N12. The Morgan fingerprint density at radius 1 is 0.833 bits per heavy atom. The fourth-order valence-corrected chi connectivity index (χ4v) is 9.24. The van der Waals surface area contributed by atoms with Gasteiger partial charge in [-0.1, -0.05) is 96.1 Å². The molecule has 3 aliphatic rings. The molecule has 0 aliphatic carbocycles. The zero-order valence-electron chi connectivity index (χ0n) is 33.6. The van der Waals surface area contributed by atoms with E-state index in [4.69, 9.17) is 9.47 Å². The van der Waals surface area contributed by atoms with Crippen molar-refractivity contribution in [2.75, 3.05) is 20.8 Å². The summed E-state index contributed by atoms with van der Waals surface area (Å²) in [4.78, 5) is 28.2. The molecule has 0 spiro atoms. The number of hydrogen-bond acceptors (Lipinski definition) is 9. The van der Waals surface area contributed by atoms with Crippen LogP contribution in [0.25, 0.3) is 0 Å². The number of nitrogens with zero attached hydrogens (tertiary/aromatic N) is 1. The summed E-state index contributed by atoms with van der Waals surface area (Å²) < 4.78 is 11.2. The summed E-state index contributed by atoms with van der Waals surface area (Å²) in [7, 11) is 3.06. The van der Waals surface area contributed by atoms with Crippen molar-refractivity contribution >= 4 is 11.8 Å². The number of aliphatic hydroxyl groups excluding tert-OH is 1. The number of fused-ring (bicyclic) bond motifs is 7. The summed E-state index contributed by atoms with van der Waals surface area (Å²) in [5.41, 5.74) is 4.79. The molecule has 1 fully saturated rings. The van der Waals surface area contributed by atoms with E-state index in [2.05, 4.69) is 22.9 Å². The molecular weight excluding hydrogens is 684 g/mol. The van der Waals surface area contributed by atoms with Gasteiger partial charge in [0.05, 0.1) is 32.3 Å². The molecule has 300 valence electrons. The highest BCUT2D eigenvalue weighted by atomic mass is 16.5. The highest BCUT2D eigenvalue weighted by Crippen LogP contribution is 2.52. The zero-order chi connectivity index (χ0) is 38.9. The number of benzene rings is 2. The van der Waals surface area contributed by atoms with Gasteiger partial charge in [0.25, 0.3) is 0 Å². The topological polar surface area (TPSA) is 153 Å². The minimum Gasteiger partial charge on any atom is -0.504 e. The highest BCUT2D eigenvalue weighted by Gasteiger charge is 2.53. The Balaban J connectivity index is 1.20. The number of nitrogens with one attached hydrogen (secondary N) is 3. The largest absolute Gasteiger partial charge is 0.504 e. The van der Waals surface area contributed by atoms with E-state index in [-0.39, 0.29) is 48.0 Å². The monoisotopic (exact) mass is 750 g/mol. The van der Waals surface area contributed by atoms with Crippen LogP contribution < -0.4 is 25.4 Å². The first kappa shape index (κ1) is 41.6. The molecule has 3 heterocycles. The maximum Gasteiger partial charge on any atom is 0.242 e. The van der Waals surface area contributed by atoms with Crippen LogP contribution in [-0.4, -0.2) is 77.2 Å². The van der Waals surface area contributed by atoms with Gasteiger partial charge >= 0.3 is 0 Å². The van der Waals surface area contributed by atoms with Crippen molar-refractivity contribution in [3.8, 4) is 23.0 Å². The number of carbonyl (C=O) groups is 2. The number of ether oxygens (including phenoxy) is 2. The minimum atomic E-state index is -0.955. The number of phenols is 2. The van der Waals surface area contributed by atoms with Crippen LogP contribution in [0.3, 0.4) is 0 Å². The van der Waals surface area contributed by atoms with Gasteiger partial charge in [0.1, 0.15) is 12.3 Å². The second-order valence-electron chi connectivity index (χ2n) is 15.9. The van der Waals surface area contributed by atoms with Crippen LogP contribution in [0, 0.1) is 13.8 Å². The molecule has 5 rings (SSSR count). The number of amides is 2. The molecule has 54 heavy (non-hydrogen) atoms. The van der Waals surface area contributed by atoms with E-state index in [0.717, 1.165) is 47.1 Å². The standard InChI is InChI=1S/C43H66N4O7/c1-7-8-9-10-11-12-13-14-15-16-17-18-19-20-34(48)45-28(4)42(51)44-25-33-35-30(22-27(3)40(53-5)38(35)49)24-32-37-36-29(21-26(2)41(54-6)39(36)50)23-31(46-37)43(52)47(32)33/h21-22,28,31-33,37,43,46,49-50,52H,7-20,23-25H2,1-6H3,(H,44,51)(H,45,48)/t28-,31-,32-,33-,37-,43-/m0/s1. The molecular formula is C43H66N4O7. The van der Waals surface area contributed by atoms with Crippen LogP contribution in [0.15, 0.2) is 12.1 Å². The van der Waals surface area contributed by atoms with Crippen LogP contribution in [0.4, 0.5) is 0 Å². The van der Waals surface area contributed by atoms with Crippen molar-refractivity contribution in [1.82, 2.24) is 20.9 Å². The third-order valence-electron chi connectivity index (χ3n) is 12.0. The van der Waals surface area contributed by atoms with E-state index >= 15 is 0 Å². The Bertz CT molecular complexity index is 1600. The molecule has 0 saturated carbocycles. The summed E-state index contributed by atoms with van der Waals surface area (Å²) in [6, 6.07) is 1.61. The van der Waals surface area contributed by atoms with E-state index in [1.165, 1.54) is 71.3 Å². The van der Waals surface area contributed by atoms with Crippen molar-refractivity contribution in [3.63, 3.8) is 0 Å². The lowest BCUT2D eigenvalue weighted by molar-refractivity contribution is -0.133. The van der Waals surface area contributed by atoms with Gasteiger partial charge < -0.3 is 40.7 Å². The third kappa shape index (κ3) is 9.28. The van der Waals surface area contributed by atoms with E-state index in [1.807, 2.05) is 30.9 Å². The van der Waals surface area contributed by atoms with Crippen LogP contribution >= 0.6 is 0 Å². The molecule has 6 N–H and O–H groups in total. The van der Waals surface area contributed by atoms with Gasteiger partial charge in [-0.25, -0.2) is 0 Å². The Morgan fingerprint density at radius 2 is 1.35 bits per heavy atom. The van der Waals surface area contributed by atoms with Crippen LogP contribution in [0.5, 0.6) is 23.0 Å². The molecule has 2 aromatic carbocycles. The quantitative estimate of drug-likeness (QED) is 0.0814. The Hall–Kier alpha value is -3.54. The maximum absolute atomic E-state index is 13.5. The van der Waals surface area contributed by atoms with Crippen molar-refractivity contribution in [1.29, 1.82) is 0 Å². The lowest BCUT2D eigenvalue weighted by atomic mass is 9.74. The maximum atomic E-state index is 13.5. The van der Waals surface area contributed by atoms with Gasteiger partial charge in [0.15, 0.2) is 23.0 Å². The molecule has 11 nitrogen and oxygen atoms in total. The predicted molar refractivity (Wildman–Crippen MR) is 211 cm³/mol. The fourth-order valence-electron chi connectivity index (χ4n) is 9.24. The fraction of sp³-hybridized carbons (Fsp3) is 0.674. The number of carbonyl (C=O) groups excluding carboxylic acids is 2. The lowest BCUT2D eigenvalue weighted by Crippen LogP contribution is -2.69. The predicted octanol–water partition coefficient (Wildman–Crippen LogP) is 6.69. The van der Waals surface area contributed by atoms with E-state index in [1.54, 1.807) is 14.0 Å². The molecule has 0 radical (unpaired) electrons. The summed E-state index contributed by atoms with van der Waals surface area (Å²) in [5, 5.41) is 44.5. The smallest absolute Gasteiger partial charge is 0.242 e. The Kier molecular flexibility index (Phi) is 14.9. The summed E-state index contributed by atoms with van der Waals surface area (Å²) in [5.74, 6) is 0.369. The molecule has 2 amide bonds. The van der Waals surface area contributed by atoms with Crippen molar-refractivity contribution in [2.24, 2.45) is 0 Å². The third-order valence-corrected chi connectivity index (χ3v) is 12.0. The second-order valence-corrected chi connectivity index (χ2v) is 15.9. The number of methoxy groups -OCH3 is 2. The van der Waals surface area contributed by atoms with Crippen LogP contribution in [0.1, 0.15) is 149 Å². The number of aromatic hydroxyl groups is 2.